The molecule has 0 bridgehead atoms. The lowest BCUT2D eigenvalue weighted by Crippen LogP contribution is -2.39. The average molecular weight is 392 g/mol. The van der Waals surface area contributed by atoms with Gasteiger partial charge in [-0.2, -0.15) is 0 Å². The predicted octanol–water partition coefficient (Wildman–Crippen LogP) is 3.89. The number of benzene rings is 1. The minimum atomic E-state index is -1.27. The number of ether oxygens (including phenoxy) is 2. The molecule has 0 saturated carbocycles. The molecule has 0 spiro atoms. The van der Waals surface area contributed by atoms with Crippen LogP contribution in [0.3, 0.4) is 0 Å². The van der Waals surface area contributed by atoms with Crippen LogP contribution in [0.1, 0.15) is 52.5 Å². The third-order valence-corrected chi connectivity index (χ3v) is 4.56. The van der Waals surface area contributed by atoms with E-state index in [0.29, 0.717) is 11.1 Å². The lowest BCUT2D eigenvalue weighted by atomic mass is 9.84. The minimum Gasteiger partial charge on any atom is -0.461 e. The van der Waals surface area contributed by atoms with E-state index in [9.17, 15) is 19.1 Å². The van der Waals surface area contributed by atoms with Crippen LogP contribution in [-0.2, 0) is 19.1 Å². The maximum atomic E-state index is 13.0. The van der Waals surface area contributed by atoms with E-state index in [-0.39, 0.29) is 42.6 Å². The monoisotopic (exact) mass is 392 g/mol. The van der Waals surface area contributed by atoms with E-state index in [1.54, 1.807) is 18.2 Å². The topological polar surface area (TPSA) is 72.8 Å². The van der Waals surface area contributed by atoms with Crippen molar-refractivity contribution < 1.29 is 28.6 Å². The number of carbonyl (C=O) groups excluding carboxylic acids is 2. The molecule has 154 valence electrons. The third kappa shape index (κ3) is 6.44. The summed E-state index contributed by atoms with van der Waals surface area (Å²) in [4.78, 5) is 24.3. The van der Waals surface area contributed by atoms with Crippen LogP contribution in [0, 0.1) is 17.2 Å². The van der Waals surface area contributed by atoms with Gasteiger partial charge in [0.05, 0.1) is 6.61 Å². The molecule has 5 nitrogen and oxygen atoms in total. The molecule has 1 N–H and O–H groups in total. The molecule has 1 fully saturated rings. The van der Waals surface area contributed by atoms with Crippen LogP contribution in [0.5, 0.6) is 0 Å². The fourth-order valence-electron chi connectivity index (χ4n) is 3.48. The number of hydrogen-bond acceptors (Lipinski definition) is 5. The Morgan fingerprint density at radius 3 is 2.57 bits per heavy atom. The third-order valence-electron chi connectivity index (χ3n) is 4.56. The molecule has 1 aromatic rings. The van der Waals surface area contributed by atoms with Crippen LogP contribution in [0.4, 0.5) is 4.39 Å². The number of aliphatic hydroxyl groups is 1. The Balaban J connectivity index is 1.97. The highest BCUT2D eigenvalue weighted by Crippen LogP contribution is 2.33. The van der Waals surface area contributed by atoms with E-state index >= 15 is 0 Å². The predicted molar refractivity (Wildman–Crippen MR) is 104 cm³/mol. The summed E-state index contributed by atoms with van der Waals surface area (Å²) in [5.41, 5.74) is -0.160. The van der Waals surface area contributed by atoms with Crippen molar-refractivity contribution in [2.75, 3.05) is 13.2 Å². The molecule has 2 rings (SSSR count). The largest absolute Gasteiger partial charge is 0.461 e. The molecular formula is C22H29FO5. The van der Waals surface area contributed by atoms with Crippen LogP contribution < -0.4 is 0 Å². The summed E-state index contributed by atoms with van der Waals surface area (Å²) < 4.78 is 23.7. The number of cyclic esters (lactones) is 1. The van der Waals surface area contributed by atoms with Gasteiger partial charge in [0.25, 0.3) is 0 Å². The standard InChI is InChI=1S/C22H29FO5/c1-15(11-21(2,3)4)9-19(25)27-14-22(13-24)12-17(20(26)28-22)10-16-5-7-18(23)8-6-16/h5-8,10,15,24H,9,11-14H2,1-4H3/b17-10-. The lowest BCUT2D eigenvalue weighted by molar-refractivity contribution is -0.166. The van der Waals surface area contributed by atoms with Gasteiger partial charge >= 0.3 is 11.9 Å². The molecule has 0 radical (unpaired) electrons. The molecule has 1 heterocycles. The van der Waals surface area contributed by atoms with Gasteiger partial charge in [0.15, 0.2) is 5.60 Å². The Bertz CT molecular complexity index is 732. The number of aliphatic hydroxyl groups excluding tert-OH is 1. The lowest BCUT2D eigenvalue weighted by Gasteiger charge is -2.25. The second kappa shape index (κ2) is 8.86. The first-order valence-electron chi connectivity index (χ1n) is 9.48. The van der Waals surface area contributed by atoms with E-state index in [4.69, 9.17) is 9.47 Å². The van der Waals surface area contributed by atoms with Crippen molar-refractivity contribution in [2.45, 2.75) is 52.6 Å². The van der Waals surface area contributed by atoms with Gasteiger partial charge in [-0.25, -0.2) is 9.18 Å². The molecule has 1 saturated heterocycles. The smallest absolute Gasteiger partial charge is 0.334 e. The summed E-state index contributed by atoms with van der Waals surface area (Å²) in [6, 6.07) is 5.69. The van der Waals surface area contributed by atoms with Gasteiger partial charge < -0.3 is 14.6 Å². The number of hydrogen-bond donors (Lipinski definition) is 1. The highest BCUT2D eigenvalue weighted by atomic mass is 19.1. The van der Waals surface area contributed by atoms with Gasteiger partial charge in [-0.05, 0) is 41.5 Å². The van der Waals surface area contributed by atoms with Crippen LogP contribution in [0.15, 0.2) is 29.8 Å². The van der Waals surface area contributed by atoms with Crippen molar-refractivity contribution in [1.82, 2.24) is 0 Å². The molecule has 1 aromatic carbocycles. The van der Waals surface area contributed by atoms with Crippen molar-refractivity contribution in [1.29, 1.82) is 0 Å². The number of carbonyl (C=O) groups is 2. The SMILES string of the molecule is CC(CC(=O)OCC1(CO)C/C(=C/c2ccc(F)cc2)C(=O)O1)CC(C)(C)C. The van der Waals surface area contributed by atoms with Gasteiger partial charge in [-0.3, -0.25) is 4.79 Å². The molecule has 1 aliphatic rings. The van der Waals surface area contributed by atoms with E-state index in [1.807, 2.05) is 6.92 Å². The first-order valence-corrected chi connectivity index (χ1v) is 9.48. The normalized spacial score (nSPS) is 22.2. The second-order valence-corrected chi connectivity index (χ2v) is 8.86. The van der Waals surface area contributed by atoms with Crippen LogP contribution in [0.25, 0.3) is 6.08 Å². The Hall–Kier alpha value is -2.21. The van der Waals surface area contributed by atoms with Gasteiger partial charge in [0, 0.05) is 18.4 Å². The highest BCUT2D eigenvalue weighted by molar-refractivity contribution is 5.96. The fraction of sp³-hybridized carbons (Fsp3) is 0.545. The quantitative estimate of drug-likeness (QED) is 0.563. The molecule has 0 amide bonds. The zero-order valence-electron chi connectivity index (χ0n) is 17.0. The van der Waals surface area contributed by atoms with E-state index in [1.165, 1.54) is 12.1 Å². The summed E-state index contributed by atoms with van der Waals surface area (Å²) in [6.07, 6.45) is 2.86. The average Bonchev–Trinajstić information content (AvgIpc) is 2.90. The summed E-state index contributed by atoms with van der Waals surface area (Å²) in [7, 11) is 0. The van der Waals surface area contributed by atoms with Gasteiger partial charge in [0.2, 0.25) is 0 Å². The molecule has 6 heteroatoms. The van der Waals surface area contributed by atoms with Gasteiger partial charge in [-0.1, -0.05) is 39.8 Å². The Morgan fingerprint density at radius 1 is 1.36 bits per heavy atom. The summed E-state index contributed by atoms with van der Waals surface area (Å²) in [6.45, 7) is 7.68. The fourth-order valence-corrected chi connectivity index (χ4v) is 3.48. The van der Waals surface area contributed by atoms with E-state index in [2.05, 4.69) is 20.8 Å². The van der Waals surface area contributed by atoms with Crippen LogP contribution in [0.2, 0.25) is 0 Å². The number of halogens is 1. The Kier molecular flexibility index (Phi) is 6.99. The maximum Gasteiger partial charge on any atom is 0.334 e. The minimum absolute atomic E-state index is 0.116. The van der Waals surface area contributed by atoms with Crippen LogP contribution in [-0.4, -0.2) is 35.9 Å². The van der Waals surface area contributed by atoms with Crippen LogP contribution >= 0.6 is 0 Å². The maximum absolute atomic E-state index is 13.0. The van der Waals surface area contributed by atoms with E-state index in [0.717, 1.165) is 6.42 Å². The van der Waals surface area contributed by atoms with Crippen molar-refractivity contribution >= 4 is 18.0 Å². The number of esters is 2. The molecule has 1 aliphatic heterocycles. The van der Waals surface area contributed by atoms with Gasteiger partial charge in [-0.15, -0.1) is 0 Å². The molecule has 2 atom stereocenters. The summed E-state index contributed by atoms with van der Waals surface area (Å²) in [5, 5.41) is 9.76. The highest BCUT2D eigenvalue weighted by Gasteiger charge is 2.44. The Morgan fingerprint density at radius 2 is 2.00 bits per heavy atom. The Labute approximate surface area is 165 Å². The van der Waals surface area contributed by atoms with Crippen molar-refractivity contribution in [3.05, 3.63) is 41.2 Å². The zero-order valence-corrected chi connectivity index (χ0v) is 17.0. The van der Waals surface area contributed by atoms with Crippen molar-refractivity contribution in [3.8, 4) is 0 Å². The molecule has 2 unspecified atom stereocenters. The molecule has 0 aromatic heterocycles. The summed E-state index contributed by atoms with van der Waals surface area (Å²) >= 11 is 0. The van der Waals surface area contributed by atoms with Crippen molar-refractivity contribution in [2.24, 2.45) is 11.3 Å². The van der Waals surface area contributed by atoms with E-state index < -0.39 is 18.2 Å². The molecule has 28 heavy (non-hydrogen) atoms. The van der Waals surface area contributed by atoms with Gasteiger partial charge in [0.1, 0.15) is 12.4 Å². The van der Waals surface area contributed by atoms with Crippen molar-refractivity contribution in [3.63, 3.8) is 0 Å². The zero-order chi connectivity index (χ0) is 20.9. The first-order chi connectivity index (χ1) is 13.0. The first kappa shape index (κ1) is 22.1. The molecule has 0 aliphatic carbocycles. The number of rotatable bonds is 7. The second-order valence-electron chi connectivity index (χ2n) is 8.86. The molecular weight excluding hydrogens is 363 g/mol. The summed E-state index contributed by atoms with van der Waals surface area (Å²) in [5.74, 6) is -1.15.